The second-order valence-electron chi connectivity index (χ2n) is 3.15. The van der Waals surface area contributed by atoms with Gasteiger partial charge in [0.15, 0.2) is 0 Å². The SMILES string of the molecule is C=Cc1ccccc1/C=C/C(=O)OCC(=O)[O-]. The minimum Gasteiger partial charge on any atom is -0.546 e. The molecule has 1 aromatic carbocycles. The summed E-state index contributed by atoms with van der Waals surface area (Å²) in [6.45, 7) is 2.90. The molecule has 17 heavy (non-hydrogen) atoms. The van der Waals surface area contributed by atoms with Crippen LogP contribution in [0.5, 0.6) is 0 Å². The highest BCUT2D eigenvalue weighted by Gasteiger charge is 1.98. The Hall–Kier alpha value is -2.36. The molecule has 0 aliphatic rings. The summed E-state index contributed by atoms with van der Waals surface area (Å²) in [6.07, 6.45) is 4.35. The standard InChI is InChI=1S/C13H12O4/c1-2-10-5-3-4-6-11(10)7-8-13(16)17-9-12(14)15/h2-8H,1,9H2,(H,14,15)/p-1/b8-7+. The molecule has 0 saturated carbocycles. The van der Waals surface area contributed by atoms with E-state index in [2.05, 4.69) is 11.3 Å². The average Bonchev–Trinajstić information content (AvgIpc) is 2.34. The van der Waals surface area contributed by atoms with Crippen molar-refractivity contribution in [3.05, 3.63) is 48.0 Å². The lowest BCUT2D eigenvalue weighted by Gasteiger charge is -2.02. The average molecular weight is 231 g/mol. The normalized spacial score (nSPS) is 10.1. The van der Waals surface area contributed by atoms with Gasteiger partial charge in [0.05, 0.1) is 5.97 Å². The molecule has 0 saturated heterocycles. The summed E-state index contributed by atoms with van der Waals surface area (Å²) >= 11 is 0. The lowest BCUT2D eigenvalue weighted by molar-refractivity contribution is -0.308. The van der Waals surface area contributed by atoms with Crippen LogP contribution in [-0.4, -0.2) is 18.5 Å². The maximum atomic E-state index is 11.1. The Kier molecular flexibility index (Phi) is 4.69. The van der Waals surface area contributed by atoms with Crippen LogP contribution in [0.2, 0.25) is 0 Å². The highest BCUT2D eigenvalue weighted by molar-refractivity contribution is 5.89. The van der Waals surface area contributed by atoms with E-state index >= 15 is 0 Å². The van der Waals surface area contributed by atoms with E-state index in [1.54, 1.807) is 12.1 Å². The largest absolute Gasteiger partial charge is 0.546 e. The first-order valence-electron chi connectivity index (χ1n) is 4.89. The van der Waals surface area contributed by atoms with Gasteiger partial charge in [-0.05, 0) is 17.2 Å². The van der Waals surface area contributed by atoms with Gasteiger partial charge in [-0.2, -0.15) is 0 Å². The van der Waals surface area contributed by atoms with Gasteiger partial charge in [0.25, 0.3) is 0 Å². The maximum absolute atomic E-state index is 11.1. The molecular formula is C13H11O4-. The van der Waals surface area contributed by atoms with Crippen LogP contribution < -0.4 is 5.11 Å². The highest BCUT2D eigenvalue weighted by Crippen LogP contribution is 2.11. The van der Waals surface area contributed by atoms with E-state index in [4.69, 9.17) is 0 Å². The minimum absolute atomic E-state index is 0.729. The van der Waals surface area contributed by atoms with Gasteiger partial charge in [-0.1, -0.05) is 36.9 Å². The van der Waals surface area contributed by atoms with Crippen molar-refractivity contribution in [1.29, 1.82) is 0 Å². The Morgan fingerprint density at radius 1 is 1.29 bits per heavy atom. The molecule has 0 amide bonds. The summed E-state index contributed by atoms with van der Waals surface area (Å²) in [7, 11) is 0. The molecule has 4 nitrogen and oxygen atoms in total. The smallest absolute Gasteiger partial charge is 0.331 e. The summed E-state index contributed by atoms with van der Waals surface area (Å²) in [5, 5.41) is 10.1. The summed E-state index contributed by atoms with van der Waals surface area (Å²) in [5.41, 5.74) is 1.67. The number of carboxylic acids is 1. The number of carbonyl (C=O) groups is 2. The van der Waals surface area contributed by atoms with Crippen molar-refractivity contribution < 1.29 is 19.4 Å². The number of hydrogen-bond donors (Lipinski definition) is 0. The van der Waals surface area contributed by atoms with Gasteiger partial charge in [0.2, 0.25) is 0 Å². The van der Waals surface area contributed by atoms with Crippen LogP contribution in [0.3, 0.4) is 0 Å². The van der Waals surface area contributed by atoms with Crippen LogP contribution in [0.1, 0.15) is 11.1 Å². The predicted molar refractivity (Wildman–Crippen MR) is 61.5 cm³/mol. The quantitative estimate of drug-likeness (QED) is 0.551. The number of hydrogen-bond acceptors (Lipinski definition) is 4. The monoisotopic (exact) mass is 231 g/mol. The first-order valence-corrected chi connectivity index (χ1v) is 4.89. The Bertz CT molecular complexity index is 460. The highest BCUT2D eigenvalue weighted by atomic mass is 16.5. The van der Waals surface area contributed by atoms with Gasteiger partial charge in [0, 0.05) is 6.08 Å². The first-order chi connectivity index (χ1) is 8.13. The molecule has 0 unspecified atom stereocenters. The van der Waals surface area contributed by atoms with Crippen LogP contribution in [0.15, 0.2) is 36.9 Å². The van der Waals surface area contributed by atoms with Gasteiger partial charge in [-0.25, -0.2) is 4.79 Å². The minimum atomic E-state index is -1.43. The van der Waals surface area contributed by atoms with Gasteiger partial charge >= 0.3 is 5.97 Å². The van der Waals surface area contributed by atoms with Crippen molar-refractivity contribution in [3.8, 4) is 0 Å². The number of benzene rings is 1. The van der Waals surface area contributed by atoms with Crippen LogP contribution in [0, 0.1) is 0 Å². The van der Waals surface area contributed by atoms with Gasteiger partial charge in [0.1, 0.15) is 6.61 Å². The number of carboxylic acid groups (broad SMARTS) is 1. The molecule has 4 heteroatoms. The molecule has 0 aromatic heterocycles. The third-order valence-corrected chi connectivity index (χ3v) is 1.95. The lowest BCUT2D eigenvalue weighted by atomic mass is 10.1. The van der Waals surface area contributed by atoms with Crippen LogP contribution in [0.4, 0.5) is 0 Å². The van der Waals surface area contributed by atoms with Crippen LogP contribution >= 0.6 is 0 Å². The lowest BCUT2D eigenvalue weighted by Crippen LogP contribution is -2.28. The second-order valence-corrected chi connectivity index (χ2v) is 3.15. The van der Waals surface area contributed by atoms with Crippen molar-refractivity contribution in [2.45, 2.75) is 0 Å². The molecule has 0 aliphatic carbocycles. The molecule has 1 aromatic rings. The summed E-state index contributed by atoms with van der Waals surface area (Å²) in [4.78, 5) is 21.1. The van der Waals surface area contributed by atoms with Gasteiger partial charge < -0.3 is 14.6 Å². The Balaban J connectivity index is 2.67. The number of ether oxygens (including phenoxy) is 1. The van der Waals surface area contributed by atoms with Crippen molar-refractivity contribution >= 4 is 24.1 Å². The molecule has 0 N–H and O–H groups in total. The zero-order valence-corrected chi connectivity index (χ0v) is 9.09. The van der Waals surface area contributed by atoms with Crippen molar-refractivity contribution in [2.24, 2.45) is 0 Å². The van der Waals surface area contributed by atoms with E-state index in [0.717, 1.165) is 17.2 Å². The van der Waals surface area contributed by atoms with Crippen LogP contribution in [0.25, 0.3) is 12.2 Å². The van der Waals surface area contributed by atoms with E-state index in [9.17, 15) is 14.7 Å². The van der Waals surface area contributed by atoms with E-state index in [1.807, 2.05) is 18.2 Å². The summed E-state index contributed by atoms with van der Waals surface area (Å²) in [6, 6.07) is 7.32. The molecule has 0 aliphatic heterocycles. The molecule has 0 atom stereocenters. The maximum Gasteiger partial charge on any atom is 0.331 e. The van der Waals surface area contributed by atoms with Crippen molar-refractivity contribution in [2.75, 3.05) is 6.61 Å². The topological polar surface area (TPSA) is 66.4 Å². The molecule has 0 spiro atoms. The fourth-order valence-corrected chi connectivity index (χ4v) is 1.18. The Morgan fingerprint density at radius 2 is 1.94 bits per heavy atom. The zero-order chi connectivity index (χ0) is 12.7. The zero-order valence-electron chi connectivity index (χ0n) is 9.09. The summed E-state index contributed by atoms with van der Waals surface area (Å²) < 4.78 is 4.39. The Morgan fingerprint density at radius 3 is 2.53 bits per heavy atom. The second kappa shape index (κ2) is 6.27. The van der Waals surface area contributed by atoms with E-state index in [-0.39, 0.29) is 0 Å². The fraction of sp³-hybridized carbons (Fsp3) is 0.0769. The molecule has 0 fully saturated rings. The number of carbonyl (C=O) groups excluding carboxylic acids is 2. The first kappa shape index (κ1) is 12.7. The van der Waals surface area contributed by atoms with E-state index < -0.39 is 18.5 Å². The van der Waals surface area contributed by atoms with E-state index in [0.29, 0.717) is 0 Å². The van der Waals surface area contributed by atoms with Gasteiger partial charge in [-0.15, -0.1) is 0 Å². The third kappa shape index (κ3) is 4.34. The third-order valence-electron chi connectivity index (χ3n) is 1.95. The number of rotatable bonds is 5. The summed E-state index contributed by atoms with van der Waals surface area (Å²) in [5.74, 6) is -2.16. The molecular weight excluding hydrogens is 220 g/mol. The predicted octanol–water partition coefficient (Wildman–Crippen LogP) is 0.636. The van der Waals surface area contributed by atoms with Crippen LogP contribution in [-0.2, 0) is 14.3 Å². The molecule has 1 rings (SSSR count). The van der Waals surface area contributed by atoms with Crippen molar-refractivity contribution in [1.82, 2.24) is 0 Å². The van der Waals surface area contributed by atoms with Gasteiger partial charge in [-0.3, -0.25) is 0 Å². The fourth-order valence-electron chi connectivity index (χ4n) is 1.18. The number of esters is 1. The van der Waals surface area contributed by atoms with Crippen molar-refractivity contribution in [3.63, 3.8) is 0 Å². The molecule has 0 radical (unpaired) electrons. The molecule has 0 bridgehead atoms. The van der Waals surface area contributed by atoms with E-state index in [1.165, 1.54) is 6.08 Å². The molecule has 88 valence electrons. The number of aliphatic carboxylic acids is 1. The Labute approximate surface area is 98.8 Å². The molecule has 0 heterocycles.